The van der Waals surface area contributed by atoms with Gasteiger partial charge in [0.25, 0.3) is 0 Å². The van der Waals surface area contributed by atoms with Crippen molar-refractivity contribution in [1.82, 2.24) is 5.32 Å². The summed E-state index contributed by atoms with van der Waals surface area (Å²) in [6, 6.07) is 12.0. The van der Waals surface area contributed by atoms with Crippen LogP contribution in [-0.4, -0.2) is 25.7 Å². The number of halogens is 1. The average molecular weight is 330 g/mol. The molecule has 3 rings (SSSR count). The number of benzene rings is 2. The second-order valence-electron chi connectivity index (χ2n) is 5.40. The predicted molar refractivity (Wildman–Crippen MR) is 88.8 cm³/mol. The van der Waals surface area contributed by atoms with Gasteiger partial charge < -0.3 is 20.1 Å². The van der Waals surface area contributed by atoms with Gasteiger partial charge >= 0.3 is 0 Å². The highest BCUT2D eigenvalue weighted by atomic mass is 19.1. The maximum absolute atomic E-state index is 13.5. The molecule has 1 aliphatic heterocycles. The van der Waals surface area contributed by atoms with E-state index in [1.807, 2.05) is 18.2 Å². The smallest absolute Gasteiger partial charge is 0.222 e. The summed E-state index contributed by atoms with van der Waals surface area (Å²) in [5.74, 6) is 0.986. The number of nitrogens with one attached hydrogen (secondary N) is 2. The van der Waals surface area contributed by atoms with E-state index in [4.69, 9.17) is 9.47 Å². The van der Waals surface area contributed by atoms with Crippen molar-refractivity contribution < 1.29 is 18.7 Å². The first-order chi connectivity index (χ1) is 11.7. The van der Waals surface area contributed by atoms with E-state index in [2.05, 4.69) is 10.6 Å². The Morgan fingerprint density at radius 2 is 1.88 bits per heavy atom. The Morgan fingerprint density at radius 1 is 1.08 bits per heavy atom. The molecule has 0 saturated heterocycles. The molecule has 1 heterocycles. The van der Waals surface area contributed by atoms with Gasteiger partial charge in [-0.1, -0.05) is 18.2 Å². The number of anilines is 1. The van der Waals surface area contributed by atoms with Crippen molar-refractivity contribution in [1.29, 1.82) is 0 Å². The molecule has 2 N–H and O–H groups in total. The van der Waals surface area contributed by atoms with Crippen LogP contribution in [0, 0.1) is 5.82 Å². The lowest BCUT2D eigenvalue weighted by atomic mass is 10.2. The number of hydrogen-bond donors (Lipinski definition) is 2. The SMILES string of the molecule is O=C(CCNc1ccc2c(c1)OCCO2)NCc1ccccc1F. The summed E-state index contributed by atoms with van der Waals surface area (Å²) in [7, 11) is 0. The molecule has 0 saturated carbocycles. The monoisotopic (exact) mass is 330 g/mol. The Labute approximate surface area is 139 Å². The van der Waals surface area contributed by atoms with E-state index in [1.54, 1.807) is 18.2 Å². The molecule has 2 aromatic carbocycles. The van der Waals surface area contributed by atoms with E-state index in [0.29, 0.717) is 37.5 Å². The van der Waals surface area contributed by atoms with Crippen LogP contribution in [0.2, 0.25) is 0 Å². The Balaban J connectivity index is 1.43. The minimum Gasteiger partial charge on any atom is -0.486 e. The predicted octanol–water partition coefficient (Wildman–Crippen LogP) is 2.72. The van der Waals surface area contributed by atoms with Crippen LogP contribution in [0.4, 0.5) is 10.1 Å². The lowest BCUT2D eigenvalue weighted by Gasteiger charge is -2.19. The molecule has 6 heteroatoms. The van der Waals surface area contributed by atoms with Crippen LogP contribution in [0.5, 0.6) is 11.5 Å². The fraction of sp³-hybridized carbons (Fsp3) is 0.278. The molecule has 126 valence electrons. The quantitative estimate of drug-likeness (QED) is 0.855. The Kier molecular flexibility index (Phi) is 5.15. The van der Waals surface area contributed by atoms with E-state index in [9.17, 15) is 9.18 Å². The van der Waals surface area contributed by atoms with Crippen molar-refractivity contribution in [3.63, 3.8) is 0 Å². The van der Waals surface area contributed by atoms with Gasteiger partial charge in [-0.25, -0.2) is 4.39 Å². The first-order valence-electron chi connectivity index (χ1n) is 7.86. The van der Waals surface area contributed by atoms with Gasteiger partial charge in [0.2, 0.25) is 5.91 Å². The maximum Gasteiger partial charge on any atom is 0.222 e. The Bertz CT molecular complexity index is 721. The highest BCUT2D eigenvalue weighted by Crippen LogP contribution is 2.32. The molecule has 0 fully saturated rings. The molecule has 0 aromatic heterocycles. The summed E-state index contributed by atoms with van der Waals surface area (Å²) >= 11 is 0. The van der Waals surface area contributed by atoms with Crippen LogP contribution in [-0.2, 0) is 11.3 Å². The van der Waals surface area contributed by atoms with Crippen LogP contribution >= 0.6 is 0 Å². The number of carbonyl (C=O) groups is 1. The first kappa shape index (κ1) is 16.1. The van der Waals surface area contributed by atoms with Crippen LogP contribution in [0.15, 0.2) is 42.5 Å². The number of hydrogen-bond acceptors (Lipinski definition) is 4. The zero-order chi connectivity index (χ0) is 16.8. The molecule has 1 amide bonds. The summed E-state index contributed by atoms with van der Waals surface area (Å²) in [6.07, 6.45) is 0.295. The van der Waals surface area contributed by atoms with Gasteiger partial charge in [-0.05, 0) is 18.2 Å². The Hall–Kier alpha value is -2.76. The summed E-state index contributed by atoms with van der Waals surface area (Å²) in [6.45, 7) is 1.76. The molecule has 24 heavy (non-hydrogen) atoms. The van der Waals surface area contributed by atoms with Crippen molar-refractivity contribution in [3.05, 3.63) is 53.8 Å². The third-order valence-corrected chi connectivity index (χ3v) is 3.66. The van der Waals surface area contributed by atoms with Gasteiger partial charge in [-0.2, -0.15) is 0 Å². The van der Waals surface area contributed by atoms with Crippen LogP contribution in [0.1, 0.15) is 12.0 Å². The number of carbonyl (C=O) groups excluding carboxylic acids is 1. The van der Waals surface area contributed by atoms with Crippen LogP contribution in [0.3, 0.4) is 0 Å². The minimum atomic E-state index is -0.313. The van der Waals surface area contributed by atoms with Gasteiger partial charge in [0, 0.05) is 36.8 Å². The first-order valence-corrected chi connectivity index (χ1v) is 7.86. The molecule has 2 aromatic rings. The normalized spacial score (nSPS) is 12.5. The molecular formula is C18H19FN2O3. The zero-order valence-corrected chi connectivity index (χ0v) is 13.2. The standard InChI is InChI=1S/C18H19FN2O3/c19-15-4-2-1-3-13(15)12-21-18(22)7-8-20-14-5-6-16-17(11-14)24-10-9-23-16/h1-6,11,20H,7-10,12H2,(H,21,22). The summed E-state index contributed by atoms with van der Waals surface area (Å²) in [5, 5.41) is 5.88. The molecule has 0 spiro atoms. The number of amides is 1. The summed E-state index contributed by atoms with van der Waals surface area (Å²) < 4.78 is 24.4. The summed E-state index contributed by atoms with van der Waals surface area (Å²) in [4.78, 5) is 11.8. The van der Waals surface area contributed by atoms with Gasteiger partial charge in [0.15, 0.2) is 11.5 Å². The van der Waals surface area contributed by atoms with E-state index in [0.717, 1.165) is 11.4 Å². The molecule has 1 aliphatic rings. The van der Waals surface area contributed by atoms with Crippen molar-refractivity contribution in [2.75, 3.05) is 25.1 Å². The third kappa shape index (κ3) is 4.16. The average Bonchev–Trinajstić information content (AvgIpc) is 2.61. The molecule has 5 nitrogen and oxygen atoms in total. The number of fused-ring (bicyclic) bond motifs is 1. The van der Waals surface area contributed by atoms with Gasteiger partial charge in [-0.15, -0.1) is 0 Å². The highest BCUT2D eigenvalue weighted by molar-refractivity contribution is 5.76. The van der Waals surface area contributed by atoms with Gasteiger partial charge in [-0.3, -0.25) is 4.79 Å². The highest BCUT2D eigenvalue weighted by Gasteiger charge is 2.11. The van der Waals surface area contributed by atoms with Crippen molar-refractivity contribution in [2.45, 2.75) is 13.0 Å². The van der Waals surface area contributed by atoms with Crippen LogP contribution in [0.25, 0.3) is 0 Å². The lowest BCUT2D eigenvalue weighted by Crippen LogP contribution is -2.25. The molecule has 0 bridgehead atoms. The molecule has 0 aliphatic carbocycles. The van der Waals surface area contributed by atoms with Crippen molar-refractivity contribution in [3.8, 4) is 11.5 Å². The topological polar surface area (TPSA) is 59.6 Å². The van der Waals surface area contributed by atoms with Gasteiger partial charge in [0.05, 0.1) is 0 Å². The van der Waals surface area contributed by atoms with E-state index in [1.165, 1.54) is 6.07 Å². The molecular weight excluding hydrogens is 311 g/mol. The summed E-state index contributed by atoms with van der Waals surface area (Å²) in [5.41, 5.74) is 1.34. The van der Waals surface area contributed by atoms with Crippen molar-refractivity contribution in [2.24, 2.45) is 0 Å². The maximum atomic E-state index is 13.5. The largest absolute Gasteiger partial charge is 0.486 e. The third-order valence-electron chi connectivity index (χ3n) is 3.66. The number of rotatable bonds is 6. The van der Waals surface area contributed by atoms with Gasteiger partial charge in [0.1, 0.15) is 19.0 Å². The molecule has 0 radical (unpaired) electrons. The molecule has 0 unspecified atom stereocenters. The van der Waals surface area contributed by atoms with Crippen LogP contribution < -0.4 is 20.1 Å². The zero-order valence-electron chi connectivity index (χ0n) is 13.2. The fourth-order valence-electron chi connectivity index (χ4n) is 2.40. The second kappa shape index (κ2) is 7.68. The minimum absolute atomic E-state index is 0.136. The second-order valence-corrected chi connectivity index (χ2v) is 5.40. The van der Waals surface area contributed by atoms with Crippen molar-refractivity contribution >= 4 is 11.6 Å². The van der Waals surface area contributed by atoms with E-state index >= 15 is 0 Å². The molecule has 0 atom stereocenters. The van der Waals surface area contributed by atoms with E-state index < -0.39 is 0 Å². The fourth-order valence-corrected chi connectivity index (χ4v) is 2.40. The Morgan fingerprint density at radius 3 is 2.71 bits per heavy atom. The van der Waals surface area contributed by atoms with E-state index in [-0.39, 0.29) is 18.3 Å². The number of ether oxygens (including phenoxy) is 2. The lowest BCUT2D eigenvalue weighted by molar-refractivity contribution is -0.121.